The molecule has 0 saturated carbocycles. The lowest BCUT2D eigenvalue weighted by atomic mass is 10.00. The van der Waals surface area contributed by atoms with Crippen LogP contribution in [0.25, 0.3) is 44.3 Å². The molecule has 8 rings (SSSR count). The average molecular weight is 712 g/mol. The van der Waals surface area contributed by atoms with Crippen molar-refractivity contribution in [1.29, 1.82) is 0 Å². The summed E-state index contributed by atoms with van der Waals surface area (Å²) in [6, 6.07) is 29.1. The molecule has 0 radical (unpaired) electrons. The van der Waals surface area contributed by atoms with E-state index in [0.717, 1.165) is 82.4 Å². The molecule has 13 heteroatoms. The van der Waals surface area contributed by atoms with Crippen LogP contribution in [0.3, 0.4) is 0 Å². The van der Waals surface area contributed by atoms with Gasteiger partial charge in [-0.25, -0.2) is 29.8 Å². The van der Waals surface area contributed by atoms with Crippen molar-refractivity contribution in [2.75, 3.05) is 39.3 Å². The predicted octanol–water partition coefficient (Wildman–Crippen LogP) is 7.63. The van der Waals surface area contributed by atoms with Crippen LogP contribution in [0.1, 0.15) is 49.4 Å². The maximum atomic E-state index is 13.9. The molecule has 0 unspecified atom stereocenters. The Balaban J connectivity index is 1.00. The largest absolute Gasteiger partial charge is 0.452 e. The first kappa shape index (κ1) is 33.8. The number of imidazole rings is 2. The van der Waals surface area contributed by atoms with E-state index in [9.17, 15) is 14.4 Å². The molecular weight excluding hydrogens is 670 g/mol. The summed E-state index contributed by atoms with van der Waals surface area (Å²) in [6.45, 7) is 1.26. The third kappa shape index (κ3) is 6.50. The summed E-state index contributed by atoms with van der Waals surface area (Å²) in [5.41, 5.74) is 10.9. The van der Waals surface area contributed by atoms with Gasteiger partial charge in [-0.15, -0.1) is 0 Å². The summed E-state index contributed by atoms with van der Waals surface area (Å²) in [6.07, 6.45) is 2.65. The Hall–Kier alpha value is -6.37. The number of carbonyl (C=O) groups is 3. The van der Waals surface area contributed by atoms with Crippen LogP contribution in [0.5, 0.6) is 0 Å². The lowest BCUT2D eigenvalue weighted by Crippen LogP contribution is -2.52. The Kier molecular flexibility index (Phi) is 8.90. The molecule has 0 spiro atoms. The van der Waals surface area contributed by atoms with Gasteiger partial charge in [0.1, 0.15) is 11.6 Å². The molecule has 2 aliphatic heterocycles. The number of H-pyrrole nitrogens is 2. The van der Waals surface area contributed by atoms with E-state index in [0.29, 0.717) is 18.1 Å². The summed E-state index contributed by atoms with van der Waals surface area (Å²) >= 11 is 0. The Morgan fingerprint density at radius 3 is 1.68 bits per heavy atom. The molecule has 6 aromatic rings. The van der Waals surface area contributed by atoms with Gasteiger partial charge in [-0.05, 0) is 84.3 Å². The second-order valence-corrected chi connectivity index (χ2v) is 13.7. The van der Waals surface area contributed by atoms with Crippen molar-refractivity contribution >= 4 is 45.9 Å². The minimum absolute atomic E-state index is 0.00948. The van der Waals surface area contributed by atoms with Crippen molar-refractivity contribution in [2.24, 2.45) is 0 Å². The molecule has 0 bridgehead atoms. The van der Waals surface area contributed by atoms with Crippen molar-refractivity contribution < 1.29 is 19.1 Å². The quantitative estimate of drug-likeness (QED) is 0.157. The van der Waals surface area contributed by atoms with Crippen molar-refractivity contribution in [3.63, 3.8) is 0 Å². The summed E-state index contributed by atoms with van der Waals surface area (Å²) in [5.74, 6) is 1.53. The van der Waals surface area contributed by atoms with Crippen molar-refractivity contribution in [2.45, 2.75) is 37.8 Å². The Bertz CT molecular complexity index is 2300. The van der Waals surface area contributed by atoms with Crippen LogP contribution in [0.2, 0.25) is 0 Å². The lowest BCUT2D eigenvalue weighted by Gasteiger charge is -2.30. The number of hydrazine groups is 1. The van der Waals surface area contributed by atoms with Crippen LogP contribution in [-0.2, 0) is 4.74 Å². The Morgan fingerprint density at radius 2 is 1.19 bits per heavy atom. The van der Waals surface area contributed by atoms with Gasteiger partial charge in [0, 0.05) is 27.2 Å². The van der Waals surface area contributed by atoms with Crippen LogP contribution in [-0.4, -0.2) is 87.1 Å². The molecule has 3 N–H and O–H groups in total. The van der Waals surface area contributed by atoms with E-state index in [2.05, 4.69) is 63.9 Å². The number of anilines is 1. The summed E-state index contributed by atoms with van der Waals surface area (Å²) in [7, 11) is 4.83. The number of benzene rings is 4. The molecule has 13 nitrogen and oxygen atoms in total. The molecule has 53 heavy (non-hydrogen) atoms. The molecule has 270 valence electrons. The van der Waals surface area contributed by atoms with Crippen LogP contribution >= 0.6 is 0 Å². The number of nitrogens with zero attached hydrogens (tertiary/aromatic N) is 6. The number of para-hydroxylation sites is 1. The summed E-state index contributed by atoms with van der Waals surface area (Å²) in [5, 5.41) is 1.22. The number of methoxy groups -OCH3 is 1. The first-order valence-corrected chi connectivity index (χ1v) is 17.9. The number of nitrogens with one attached hydrogen (secondary N) is 3. The molecule has 2 saturated heterocycles. The van der Waals surface area contributed by atoms with Gasteiger partial charge in [0.05, 0.1) is 46.9 Å². The van der Waals surface area contributed by atoms with Crippen molar-refractivity contribution in [3.8, 4) is 22.3 Å². The van der Waals surface area contributed by atoms with Crippen molar-refractivity contribution in [1.82, 2.24) is 40.1 Å². The fraction of sp³-hybridized carbons (Fsp3) is 0.275. The van der Waals surface area contributed by atoms with Crippen LogP contribution < -0.4 is 10.4 Å². The minimum Gasteiger partial charge on any atom is -0.452 e. The van der Waals surface area contributed by atoms with Gasteiger partial charge in [0.25, 0.3) is 0 Å². The smallest absolute Gasteiger partial charge is 0.426 e. The fourth-order valence-electron chi connectivity index (χ4n) is 7.47. The minimum atomic E-state index is -0.735. The molecular formula is C40H41N9O4. The van der Waals surface area contributed by atoms with Gasteiger partial charge in [0.15, 0.2) is 0 Å². The number of ether oxygens (including phenoxy) is 1. The molecule has 2 atom stereocenters. The highest BCUT2D eigenvalue weighted by Gasteiger charge is 2.36. The van der Waals surface area contributed by atoms with E-state index in [1.807, 2.05) is 23.1 Å². The third-order valence-corrected chi connectivity index (χ3v) is 10.2. The molecule has 2 aliphatic rings. The van der Waals surface area contributed by atoms with Gasteiger partial charge in [-0.3, -0.25) is 0 Å². The number of fused-ring (bicyclic) bond motifs is 2. The zero-order valence-corrected chi connectivity index (χ0v) is 29.9. The number of hydrogen-bond donors (Lipinski definition) is 3. The highest BCUT2D eigenvalue weighted by atomic mass is 16.5. The zero-order valence-electron chi connectivity index (χ0n) is 29.9. The van der Waals surface area contributed by atoms with Crippen LogP contribution in [0, 0.1) is 0 Å². The SMILES string of the molecule is COC(=O)NN(C(=O)N1CCC[C@H]1c1nc2ccc(-c3ccc(-c4ccc5nc([C@@H]6CCCN6C(=O)N(C)C)[nH]c5c4)cc3)cc2[nH]1)c1ccccc1. The average Bonchev–Trinajstić information content (AvgIpc) is 4.01. The topological polar surface area (TPSA) is 143 Å². The first-order chi connectivity index (χ1) is 25.8. The molecule has 0 aliphatic carbocycles. The second kappa shape index (κ2) is 14.0. The highest BCUT2D eigenvalue weighted by molar-refractivity contribution is 5.94. The number of rotatable bonds is 5. The van der Waals surface area contributed by atoms with Gasteiger partial charge in [-0.1, -0.05) is 54.6 Å². The Labute approximate surface area is 306 Å². The highest BCUT2D eigenvalue weighted by Crippen LogP contribution is 2.36. The lowest BCUT2D eigenvalue weighted by molar-refractivity contribution is 0.164. The van der Waals surface area contributed by atoms with Crippen molar-refractivity contribution in [3.05, 3.63) is 103 Å². The monoisotopic (exact) mass is 711 g/mol. The summed E-state index contributed by atoms with van der Waals surface area (Å²) in [4.78, 5) is 60.8. The molecule has 4 heterocycles. The number of urea groups is 2. The van der Waals surface area contributed by atoms with E-state index in [4.69, 9.17) is 14.7 Å². The van der Waals surface area contributed by atoms with E-state index >= 15 is 0 Å². The molecule has 2 aromatic heterocycles. The number of carbonyl (C=O) groups excluding carboxylic acids is 3. The number of amides is 5. The molecule has 5 amide bonds. The first-order valence-electron chi connectivity index (χ1n) is 17.9. The predicted molar refractivity (Wildman–Crippen MR) is 203 cm³/mol. The molecule has 2 fully saturated rings. The van der Waals surface area contributed by atoms with E-state index < -0.39 is 6.09 Å². The standard InChI is InChI=1S/C40H41N9O4/c1-46(2)39(51)47-21-7-11-34(47)36-41-30-19-17-27(23-32(30)43-36)25-13-15-26(16-14-25)28-18-20-31-33(24-28)44-37(42-31)35-12-8-22-48(35)40(52)49(45-38(50)53-3)29-9-5-4-6-10-29/h4-6,9-10,13-20,23-24,34-35H,7-8,11-12,21-22H2,1-3H3,(H,41,43)(H,42,44)(H,45,50)/t34-,35-/m0/s1. The number of aromatic amines is 2. The number of likely N-dealkylation sites (tertiary alicyclic amines) is 2. The summed E-state index contributed by atoms with van der Waals surface area (Å²) < 4.78 is 4.79. The van der Waals surface area contributed by atoms with E-state index in [1.54, 1.807) is 48.2 Å². The maximum absolute atomic E-state index is 13.9. The van der Waals surface area contributed by atoms with E-state index in [-0.39, 0.29) is 24.1 Å². The zero-order chi connectivity index (χ0) is 36.6. The van der Waals surface area contributed by atoms with Gasteiger partial charge in [-0.2, -0.15) is 5.01 Å². The van der Waals surface area contributed by atoms with Gasteiger partial charge >= 0.3 is 18.2 Å². The normalized spacial score (nSPS) is 17.0. The van der Waals surface area contributed by atoms with Crippen LogP contribution in [0.15, 0.2) is 91.0 Å². The van der Waals surface area contributed by atoms with E-state index in [1.165, 1.54) is 12.1 Å². The number of aromatic nitrogens is 4. The molecule has 4 aromatic carbocycles. The number of hydrogen-bond acceptors (Lipinski definition) is 6. The van der Waals surface area contributed by atoms with Gasteiger partial charge in [0.2, 0.25) is 0 Å². The Morgan fingerprint density at radius 1 is 0.698 bits per heavy atom. The fourth-order valence-corrected chi connectivity index (χ4v) is 7.47. The third-order valence-electron chi connectivity index (χ3n) is 10.2. The second-order valence-electron chi connectivity index (χ2n) is 13.7. The van der Waals surface area contributed by atoms with Crippen LogP contribution in [0.4, 0.5) is 20.1 Å². The maximum Gasteiger partial charge on any atom is 0.426 e. The van der Waals surface area contributed by atoms with Gasteiger partial charge < -0.3 is 29.4 Å².